The first-order valence-corrected chi connectivity index (χ1v) is 48.6. The van der Waals surface area contributed by atoms with Gasteiger partial charge >= 0.3 is 0 Å². The number of anilines is 12. The Bertz CT molecular complexity index is 6680. The molecule has 0 radical (unpaired) electrons. The van der Waals surface area contributed by atoms with E-state index in [4.69, 9.17) is 8.83 Å². The highest BCUT2D eigenvalue weighted by atomic mass is 16.4. The van der Waals surface area contributed by atoms with Crippen LogP contribution >= 0.6 is 0 Å². The molecule has 12 aromatic rings. The van der Waals surface area contributed by atoms with Crippen LogP contribution < -0.4 is 52.4 Å². The van der Waals surface area contributed by atoms with Crippen molar-refractivity contribution in [2.75, 3.05) is 19.6 Å². The van der Waals surface area contributed by atoms with Gasteiger partial charge in [0.2, 0.25) is 11.8 Å². The number of nitrogens with zero attached hydrogens (tertiary/aromatic N) is 4. The molecule has 10 aromatic carbocycles. The maximum atomic E-state index is 7.89. The fourth-order valence-corrected chi connectivity index (χ4v) is 24.6. The molecular formula is C119H142B2N4O2. The monoisotopic (exact) mass is 1680 g/mol. The van der Waals surface area contributed by atoms with E-state index in [0.717, 1.165) is 92.1 Å². The molecular weight excluding hydrogens is 1540 g/mol. The summed E-state index contributed by atoms with van der Waals surface area (Å²) in [5.74, 6) is 1.85. The van der Waals surface area contributed by atoms with Crippen LogP contribution in [0.25, 0.3) is 21.9 Å². The third-order valence-corrected chi connectivity index (χ3v) is 34.1. The van der Waals surface area contributed by atoms with Gasteiger partial charge in [-0.15, -0.1) is 0 Å². The summed E-state index contributed by atoms with van der Waals surface area (Å²) in [6.45, 7) is 78.1. The second kappa shape index (κ2) is 27.4. The first-order valence-electron chi connectivity index (χ1n) is 48.6. The summed E-state index contributed by atoms with van der Waals surface area (Å²) in [5.41, 5.74) is 43.2. The highest BCUT2D eigenvalue weighted by molar-refractivity contribution is 7.02. The summed E-state index contributed by atoms with van der Waals surface area (Å²) >= 11 is 0. The van der Waals surface area contributed by atoms with Gasteiger partial charge in [0, 0.05) is 67.2 Å². The molecule has 4 aliphatic carbocycles. The maximum Gasteiger partial charge on any atom is 0.257 e. The zero-order valence-electron chi connectivity index (χ0n) is 83.3. The smallest absolute Gasteiger partial charge is 0.257 e. The van der Waals surface area contributed by atoms with Gasteiger partial charge in [0.1, 0.15) is 11.2 Å². The normalized spacial score (nSPS) is 19.2. The number of fused-ring (bicyclic) bond motifs is 16. The second-order valence-electron chi connectivity index (χ2n) is 50.9. The molecule has 127 heavy (non-hydrogen) atoms. The average Bonchev–Trinajstić information content (AvgIpc) is 1.67. The lowest BCUT2D eigenvalue weighted by Gasteiger charge is -2.48. The Morgan fingerprint density at radius 3 is 0.953 bits per heavy atom. The minimum absolute atomic E-state index is 0.00252. The largest absolute Gasteiger partial charge is 0.440 e. The lowest BCUT2D eigenvalue weighted by Crippen LogP contribution is -2.61. The van der Waals surface area contributed by atoms with Gasteiger partial charge in [-0.25, -0.2) is 0 Å². The van der Waals surface area contributed by atoms with Gasteiger partial charge in [-0.05, 0) is 358 Å². The fourth-order valence-electron chi connectivity index (χ4n) is 24.6. The van der Waals surface area contributed by atoms with Gasteiger partial charge in [-0.3, -0.25) is 9.80 Å². The molecule has 0 atom stereocenters. The molecule has 2 aromatic heterocycles. The second-order valence-corrected chi connectivity index (χ2v) is 50.9. The van der Waals surface area contributed by atoms with Crippen molar-refractivity contribution >= 4 is 137 Å². The van der Waals surface area contributed by atoms with E-state index in [1.54, 1.807) is 0 Å². The summed E-state index contributed by atoms with van der Waals surface area (Å²) in [7, 11) is 0. The molecule has 0 amide bonds. The first kappa shape index (κ1) is 85.7. The summed E-state index contributed by atoms with van der Waals surface area (Å²) < 4.78 is 15.6. The van der Waals surface area contributed by atoms with E-state index in [9.17, 15) is 0 Å². The number of furan rings is 2. The van der Waals surface area contributed by atoms with E-state index in [1.165, 1.54) is 184 Å². The van der Waals surface area contributed by atoms with Crippen LogP contribution in [0.2, 0.25) is 0 Å². The van der Waals surface area contributed by atoms with Crippen molar-refractivity contribution in [2.24, 2.45) is 0 Å². The van der Waals surface area contributed by atoms with Crippen LogP contribution in [-0.2, 0) is 70.4 Å². The quantitative estimate of drug-likeness (QED) is 0.134. The van der Waals surface area contributed by atoms with E-state index in [0.29, 0.717) is 0 Å². The lowest BCUT2D eigenvalue weighted by atomic mass is 9.33. The molecule has 0 spiro atoms. The topological polar surface area (TPSA) is 39.2 Å². The van der Waals surface area contributed by atoms with E-state index in [2.05, 4.69) is 399 Å². The van der Waals surface area contributed by atoms with Crippen molar-refractivity contribution in [2.45, 2.75) is 356 Å². The maximum absolute atomic E-state index is 7.89. The molecule has 6 heterocycles. The molecule has 6 nitrogen and oxygen atoms in total. The van der Waals surface area contributed by atoms with Crippen molar-refractivity contribution in [3.63, 3.8) is 0 Å². The Morgan fingerprint density at radius 1 is 0.268 bits per heavy atom. The summed E-state index contributed by atoms with van der Waals surface area (Å²) in [5, 5.41) is 2.39. The lowest BCUT2D eigenvalue weighted by molar-refractivity contribution is 0.332. The van der Waals surface area contributed by atoms with Crippen LogP contribution in [0.15, 0.2) is 167 Å². The zero-order chi connectivity index (χ0) is 90.8. The molecule has 0 bridgehead atoms. The van der Waals surface area contributed by atoms with Crippen LogP contribution in [0.3, 0.4) is 0 Å². The number of benzene rings is 10. The van der Waals surface area contributed by atoms with Crippen molar-refractivity contribution in [1.82, 2.24) is 0 Å². The van der Waals surface area contributed by atoms with E-state index in [-0.39, 0.29) is 83.8 Å². The molecule has 8 aliphatic rings. The van der Waals surface area contributed by atoms with Crippen LogP contribution in [-0.4, -0.2) is 13.4 Å². The summed E-state index contributed by atoms with van der Waals surface area (Å²) in [4.78, 5) is 10.7. The van der Waals surface area contributed by atoms with Gasteiger partial charge in [-0.1, -0.05) is 267 Å². The molecule has 656 valence electrons. The Hall–Kier alpha value is -9.39. The minimum Gasteiger partial charge on any atom is -0.440 e. The van der Waals surface area contributed by atoms with E-state index in [1.807, 2.05) is 0 Å². The third-order valence-electron chi connectivity index (χ3n) is 34.1. The van der Waals surface area contributed by atoms with Gasteiger partial charge in [0.25, 0.3) is 13.4 Å². The zero-order valence-corrected chi connectivity index (χ0v) is 83.3. The van der Waals surface area contributed by atoms with Gasteiger partial charge in [0.15, 0.2) is 0 Å². The Balaban J connectivity index is 0.794. The molecule has 4 aliphatic heterocycles. The van der Waals surface area contributed by atoms with Crippen LogP contribution in [0, 0.1) is 20.8 Å². The predicted molar refractivity (Wildman–Crippen MR) is 547 cm³/mol. The molecule has 0 saturated carbocycles. The number of rotatable bonds is 9. The standard InChI is InChI=1S/C119H142B2N4O2/c1-69-33-43-99-79(55-69)101-105(126-99)125(92-42-35-73(57-71(92)3)108(7,8)9)98-62-76(61-96-104(98)120(101)89-65-85-88(119(31,32)54-51-116(85,25)26)68-94(89)123(96)78-38-40-82-84(64-78)115(23,24)50-48-113(82,19)20)111(15,16)46-45-110(13,14)74-36-44-100-80(58-74)102-106(127-100)124(91-41-34-72(56-70(91)2)107(4,5)6)97-60-75(109(10,11)12)59-95-103(97)121(102)90-66-86-87(118(29,30)53-52-117(86,27)28)67-93(90)122(95)77-37-39-81-83(63-77)114(21,22)49-47-112(81,17)18/h33-44,55-68H,45-54H2,1-32H3. The van der Waals surface area contributed by atoms with Crippen LogP contribution in [0.4, 0.5) is 68.6 Å². The van der Waals surface area contributed by atoms with Gasteiger partial charge in [0.05, 0.1) is 11.4 Å². The Kier molecular flexibility index (Phi) is 18.5. The van der Waals surface area contributed by atoms with Crippen molar-refractivity contribution in [1.29, 1.82) is 0 Å². The van der Waals surface area contributed by atoms with E-state index < -0.39 is 0 Å². The molecule has 0 saturated heterocycles. The average molecular weight is 1680 g/mol. The SMILES string of the molecule is Cc1ccc2oc3c(c2c1)B1c2cc4c(cc2N(c2ccc5c(c2)C(C)(C)CCC5(C)C)c2cc(C(C)(C)CCC(C)(C)c5ccc6oc7c(c6c5)B5c6cc8c(cc6N(c6ccc9c(c6)C(C)(C)CCC9(C)C)c6cc(C(C)(C)C)cc(c65)N7c5ccc(C(C)(C)C)cc5C)C(C)(C)CCC8(C)C)cc(c21)N3c1ccc(C(C)(C)C)cc1C)C(C)(C)CCC4(C)C. The van der Waals surface area contributed by atoms with Crippen LogP contribution in [0.5, 0.6) is 0 Å². The van der Waals surface area contributed by atoms with Crippen molar-refractivity contribution < 1.29 is 8.83 Å². The molecule has 0 fully saturated rings. The van der Waals surface area contributed by atoms with Gasteiger partial charge < -0.3 is 18.6 Å². The molecule has 0 N–H and O–H groups in total. The van der Waals surface area contributed by atoms with Gasteiger partial charge in [-0.2, -0.15) is 0 Å². The Labute approximate surface area is 763 Å². The summed E-state index contributed by atoms with van der Waals surface area (Å²) in [6, 6.07) is 65.5. The molecule has 0 unspecified atom stereocenters. The predicted octanol–water partition coefficient (Wildman–Crippen LogP) is 29.6. The molecule has 8 heteroatoms. The Morgan fingerprint density at radius 2 is 0.583 bits per heavy atom. The van der Waals surface area contributed by atoms with E-state index >= 15 is 0 Å². The highest BCUT2D eigenvalue weighted by Gasteiger charge is 2.54. The van der Waals surface area contributed by atoms with Crippen molar-refractivity contribution in [3.05, 3.63) is 247 Å². The molecule has 20 rings (SSSR count). The number of aryl methyl sites for hydroxylation is 3. The number of hydrogen-bond donors (Lipinski definition) is 0. The van der Waals surface area contributed by atoms with Crippen LogP contribution in [0.1, 0.15) is 354 Å². The highest BCUT2D eigenvalue weighted by Crippen LogP contribution is 2.59. The van der Waals surface area contributed by atoms with Crippen molar-refractivity contribution in [3.8, 4) is 0 Å². The minimum atomic E-state index is -0.356. The summed E-state index contributed by atoms with van der Waals surface area (Å²) in [6.07, 6.45) is 11.0. The fraction of sp³-hybridized carbons (Fsp3) is 0.462. The third kappa shape index (κ3) is 13.1. The first-order chi connectivity index (χ1) is 59.0. The number of hydrogen-bond acceptors (Lipinski definition) is 6.